The van der Waals surface area contributed by atoms with Crippen LogP contribution in [-0.2, 0) is 32.2 Å². The molecule has 0 saturated carbocycles. The van der Waals surface area contributed by atoms with Gasteiger partial charge < -0.3 is 19.9 Å². The lowest BCUT2D eigenvalue weighted by Gasteiger charge is -2.33. The predicted octanol–water partition coefficient (Wildman–Crippen LogP) is 1.01. The molecule has 0 aromatic heterocycles. The van der Waals surface area contributed by atoms with Gasteiger partial charge in [0.05, 0.1) is 19.8 Å². The quantitative estimate of drug-likeness (QED) is 0.691. The molecule has 2 N–H and O–H groups in total. The normalized spacial score (nSPS) is 20.6. The zero-order valence-corrected chi connectivity index (χ0v) is 14.8. The zero-order valence-electron chi connectivity index (χ0n) is 14.8. The number of nitrogens with zero attached hydrogens (tertiary/aromatic N) is 1. The number of benzene rings is 1. The van der Waals surface area contributed by atoms with Crippen molar-refractivity contribution in [1.29, 1.82) is 0 Å². The van der Waals surface area contributed by atoms with Crippen LogP contribution >= 0.6 is 0 Å². The van der Waals surface area contributed by atoms with Crippen LogP contribution < -0.4 is 5.32 Å². The van der Waals surface area contributed by atoms with E-state index in [9.17, 15) is 14.7 Å². The van der Waals surface area contributed by atoms with E-state index in [1.54, 1.807) is 12.0 Å². The summed E-state index contributed by atoms with van der Waals surface area (Å²) in [6.45, 7) is 1.67. The number of carboxylic acid groups (broad SMARTS) is 1. The fraction of sp³-hybridized carbons (Fsp3) is 0.556. The van der Waals surface area contributed by atoms with Gasteiger partial charge in [0.2, 0.25) is 5.91 Å². The Bertz CT molecular complexity index is 590. The summed E-state index contributed by atoms with van der Waals surface area (Å²) in [6, 6.07) is 7.80. The first-order valence-corrected chi connectivity index (χ1v) is 8.32. The average Bonchev–Trinajstić information content (AvgIpc) is 2.98. The molecule has 1 saturated heterocycles. The molecule has 1 aromatic rings. The summed E-state index contributed by atoms with van der Waals surface area (Å²) in [5.41, 5.74) is 0.949. The molecule has 25 heavy (non-hydrogen) atoms. The molecule has 138 valence electrons. The number of hydrogen-bond donors (Lipinski definition) is 2. The highest BCUT2D eigenvalue weighted by molar-refractivity contribution is 5.82. The van der Waals surface area contributed by atoms with Crippen LogP contribution in [0.4, 0.5) is 0 Å². The Labute approximate surface area is 147 Å². The molecule has 0 aliphatic carbocycles. The maximum absolute atomic E-state index is 12.2. The SMILES string of the molecule is COCc1ccc(CNC(=O)CN2CCCC2(COC)C(=O)O)cc1. The van der Waals surface area contributed by atoms with Crippen LogP contribution in [0.2, 0.25) is 0 Å². The van der Waals surface area contributed by atoms with Gasteiger partial charge in [-0.2, -0.15) is 0 Å². The van der Waals surface area contributed by atoms with E-state index in [2.05, 4.69) is 5.32 Å². The Balaban J connectivity index is 1.89. The van der Waals surface area contributed by atoms with Crippen LogP contribution in [0.25, 0.3) is 0 Å². The summed E-state index contributed by atoms with van der Waals surface area (Å²) >= 11 is 0. The molecule has 2 rings (SSSR count). The van der Waals surface area contributed by atoms with Crippen molar-refractivity contribution in [2.45, 2.75) is 31.5 Å². The number of hydrogen-bond acceptors (Lipinski definition) is 5. The number of methoxy groups -OCH3 is 2. The standard InChI is InChI=1S/C18H26N2O5/c1-24-12-15-6-4-14(5-7-15)10-19-16(21)11-20-9-3-8-18(20,13-25-2)17(22)23/h4-7H,3,8-13H2,1-2H3,(H,19,21)(H,22,23). The molecule has 0 spiro atoms. The lowest BCUT2D eigenvalue weighted by molar-refractivity contribution is -0.154. The number of nitrogens with one attached hydrogen (secondary N) is 1. The number of amides is 1. The smallest absolute Gasteiger partial charge is 0.326 e. The minimum absolute atomic E-state index is 0.0530. The second-order valence-electron chi connectivity index (χ2n) is 6.32. The van der Waals surface area contributed by atoms with Gasteiger partial charge in [-0.05, 0) is 30.5 Å². The zero-order chi connectivity index (χ0) is 18.3. The number of likely N-dealkylation sites (tertiary alicyclic amines) is 1. The molecular formula is C18H26N2O5. The molecule has 1 unspecified atom stereocenters. The van der Waals surface area contributed by atoms with Crippen molar-refractivity contribution in [3.05, 3.63) is 35.4 Å². The number of carbonyl (C=O) groups excluding carboxylic acids is 1. The maximum atomic E-state index is 12.2. The summed E-state index contributed by atoms with van der Waals surface area (Å²) in [5, 5.41) is 12.4. The molecular weight excluding hydrogens is 324 g/mol. The molecule has 0 bridgehead atoms. The molecule has 1 aliphatic rings. The molecule has 7 heteroatoms. The van der Waals surface area contributed by atoms with Gasteiger partial charge in [-0.15, -0.1) is 0 Å². The van der Waals surface area contributed by atoms with E-state index >= 15 is 0 Å². The van der Waals surface area contributed by atoms with Gasteiger partial charge >= 0.3 is 5.97 Å². The highest BCUT2D eigenvalue weighted by Gasteiger charge is 2.48. The molecule has 1 aromatic carbocycles. The molecule has 0 radical (unpaired) electrons. The van der Waals surface area contributed by atoms with Crippen LogP contribution in [0.5, 0.6) is 0 Å². The Morgan fingerprint density at radius 1 is 1.20 bits per heavy atom. The van der Waals surface area contributed by atoms with Crippen LogP contribution in [-0.4, -0.2) is 61.3 Å². The highest BCUT2D eigenvalue weighted by Crippen LogP contribution is 2.29. The average molecular weight is 350 g/mol. The van der Waals surface area contributed by atoms with Crippen LogP contribution in [0.15, 0.2) is 24.3 Å². The van der Waals surface area contributed by atoms with Gasteiger partial charge in [0.1, 0.15) is 5.54 Å². The third-order valence-corrected chi connectivity index (χ3v) is 4.56. The fourth-order valence-corrected chi connectivity index (χ4v) is 3.22. The van der Waals surface area contributed by atoms with E-state index in [4.69, 9.17) is 9.47 Å². The number of carboxylic acids is 1. The van der Waals surface area contributed by atoms with E-state index < -0.39 is 11.5 Å². The Morgan fingerprint density at radius 3 is 2.48 bits per heavy atom. The monoisotopic (exact) mass is 350 g/mol. The fourth-order valence-electron chi connectivity index (χ4n) is 3.22. The van der Waals surface area contributed by atoms with E-state index in [0.717, 1.165) is 17.5 Å². The summed E-state index contributed by atoms with van der Waals surface area (Å²) in [7, 11) is 3.13. The van der Waals surface area contributed by atoms with E-state index in [-0.39, 0.29) is 19.1 Å². The van der Waals surface area contributed by atoms with Crippen molar-refractivity contribution < 1.29 is 24.2 Å². The molecule has 7 nitrogen and oxygen atoms in total. The molecule has 1 atom stereocenters. The van der Waals surface area contributed by atoms with Gasteiger partial charge in [0.25, 0.3) is 0 Å². The summed E-state index contributed by atoms with van der Waals surface area (Å²) in [6.07, 6.45) is 1.23. The summed E-state index contributed by atoms with van der Waals surface area (Å²) < 4.78 is 10.2. The maximum Gasteiger partial charge on any atom is 0.326 e. The minimum Gasteiger partial charge on any atom is -0.480 e. The third-order valence-electron chi connectivity index (χ3n) is 4.56. The second-order valence-corrected chi connectivity index (χ2v) is 6.32. The van der Waals surface area contributed by atoms with Gasteiger partial charge in [0, 0.05) is 20.8 Å². The third kappa shape index (κ3) is 4.78. The van der Waals surface area contributed by atoms with Crippen molar-refractivity contribution in [2.75, 3.05) is 33.9 Å². The van der Waals surface area contributed by atoms with Crippen LogP contribution in [0, 0.1) is 0 Å². The van der Waals surface area contributed by atoms with Gasteiger partial charge in [-0.3, -0.25) is 14.5 Å². The first kappa shape index (κ1) is 19.4. The van der Waals surface area contributed by atoms with Gasteiger partial charge in [-0.25, -0.2) is 0 Å². The number of rotatable bonds is 9. The largest absolute Gasteiger partial charge is 0.480 e. The topological polar surface area (TPSA) is 88.1 Å². The number of carbonyl (C=O) groups is 2. The van der Waals surface area contributed by atoms with Crippen molar-refractivity contribution in [1.82, 2.24) is 10.2 Å². The first-order chi connectivity index (χ1) is 12.0. The Kier molecular flexibility index (Phi) is 6.92. The first-order valence-electron chi connectivity index (χ1n) is 8.32. The molecule has 1 amide bonds. The van der Waals surface area contributed by atoms with E-state index in [1.165, 1.54) is 7.11 Å². The molecule has 1 fully saturated rings. The summed E-state index contributed by atoms with van der Waals surface area (Å²) in [5.74, 6) is -1.13. The van der Waals surface area contributed by atoms with Gasteiger partial charge in [-0.1, -0.05) is 24.3 Å². The molecule has 1 heterocycles. The summed E-state index contributed by atoms with van der Waals surface area (Å²) in [4.78, 5) is 25.7. The van der Waals surface area contributed by atoms with Crippen molar-refractivity contribution in [2.24, 2.45) is 0 Å². The Morgan fingerprint density at radius 2 is 1.88 bits per heavy atom. The highest BCUT2D eigenvalue weighted by atomic mass is 16.5. The lowest BCUT2D eigenvalue weighted by Crippen LogP contribution is -2.56. The van der Waals surface area contributed by atoms with Crippen molar-refractivity contribution >= 4 is 11.9 Å². The van der Waals surface area contributed by atoms with E-state index in [1.807, 2.05) is 24.3 Å². The lowest BCUT2D eigenvalue weighted by atomic mass is 9.97. The van der Waals surface area contributed by atoms with Crippen LogP contribution in [0.1, 0.15) is 24.0 Å². The number of ether oxygens (including phenoxy) is 2. The van der Waals surface area contributed by atoms with Crippen molar-refractivity contribution in [3.8, 4) is 0 Å². The predicted molar refractivity (Wildman–Crippen MR) is 92.1 cm³/mol. The second kappa shape index (κ2) is 8.94. The van der Waals surface area contributed by atoms with Crippen molar-refractivity contribution in [3.63, 3.8) is 0 Å². The Hall–Kier alpha value is -1.96. The van der Waals surface area contributed by atoms with Gasteiger partial charge in [0.15, 0.2) is 0 Å². The minimum atomic E-state index is -1.10. The van der Waals surface area contributed by atoms with E-state index in [0.29, 0.717) is 26.1 Å². The van der Waals surface area contributed by atoms with Crippen LogP contribution in [0.3, 0.4) is 0 Å². The number of aliphatic carboxylic acids is 1. The molecule has 1 aliphatic heterocycles.